The molecule has 0 saturated heterocycles. The highest BCUT2D eigenvalue weighted by atomic mass is 16.5. The van der Waals surface area contributed by atoms with Gasteiger partial charge in [-0.3, -0.25) is 4.99 Å². The molecule has 0 saturated carbocycles. The van der Waals surface area contributed by atoms with Gasteiger partial charge in [0.25, 0.3) is 0 Å². The van der Waals surface area contributed by atoms with E-state index in [1.807, 2.05) is 0 Å². The Morgan fingerprint density at radius 2 is 2.56 bits per heavy atom. The largest absolute Gasteiger partial charge is 0.496 e. The molecule has 0 aliphatic carbocycles. The topological polar surface area (TPSA) is 21.6 Å². The summed E-state index contributed by atoms with van der Waals surface area (Å²) in [4.78, 5) is 3.82. The molecule has 0 radical (unpaired) electrons. The predicted molar refractivity (Wildman–Crippen MR) is 36.2 cm³/mol. The summed E-state index contributed by atoms with van der Waals surface area (Å²) >= 11 is 0. The Hall–Kier alpha value is -1.27. The first-order chi connectivity index (χ1) is 4.43. The molecule has 0 fully saturated rings. The van der Waals surface area contributed by atoms with Crippen LogP contribution in [0.1, 0.15) is 0 Å². The molecule has 0 bridgehead atoms. The van der Waals surface area contributed by atoms with Crippen LogP contribution in [0.4, 0.5) is 0 Å². The Balaban J connectivity index is 2.82. The summed E-state index contributed by atoms with van der Waals surface area (Å²) < 4.78 is 4.90. The van der Waals surface area contributed by atoms with E-state index in [0.29, 0.717) is 0 Å². The van der Waals surface area contributed by atoms with Crippen LogP contribution in [0.15, 0.2) is 34.8 Å². The molecular formula is C7H7NO. The van der Waals surface area contributed by atoms with Crippen LogP contribution >= 0.6 is 0 Å². The molecule has 0 aromatic rings. The van der Waals surface area contributed by atoms with Gasteiger partial charge in [-0.05, 0) is 6.08 Å². The van der Waals surface area contributed by atoms with Gasteiger partial charge in [-0.1, -0.05) is 5.73 Å². The van der Waals surface area contributed by atoms with Crippen LogP contribution in [-0.2, 0) is 4.74 Å². The molecule has 0 amide bonds. The highest BCUT2D eigenvalue weighted by Gasteiger charge is 1.85. The van der Waals surface area contributed by atoms with E-state index in [-0.39, 0.29) is 0 Å². The fourth-order valence-electron chi connectivity index (χ4n) is 0.497. The van der Waals surface area contributed by atoms with Gasteiger partial charge in [0, 0.05) is 12.3 Å². The van der Waals surface area contributed by atoms with Crippen LogP contribution in [0.2, 0.25) is 0 Å². The number of nitrogens with zero attached hydrogens (tertiary/aromatic N) is 1. The van der Waals surface area contributed by atoms with Gasteiger partial charge in [0.15, 0.2) is 0 Å². The molecule has 0 aromatic carbocycles. The average Bonchev–Trinajstić information content (AvgIpc) is 2.13. The van der Waals surface area contributed by atoms with Crippen molar-refractivity contribution in [2.24, 2.45) is 4.99 Å². The maximum absolute atomic E-state index is 4.90. The standard InChI is InChI=1S/C7H7NO/c1-9-7-3-2-5-8-6-4-7/h3-6H,1H3. The molecule has 0 spiro atoms. The van der Waals surface area contributed by atoms with E-state index in [9.17, 15) is 0 Å². The molecular weight excluding hydrogens is 114 g/mol. The second-order valence-electron chi connectivity index (χ2n) is 1.51. The Morgan fingerprint density at radius 1 is 1.67 bits per heavy atom. The third kappa shape index (κ3) is 1.59. The number of rotatable bonds is 1. The van der Waals surface area contributed by atoms with Gasteiger partial charge in [-0.2, -0.15) is 0 Å². The Kier molecular flexibility index (Phi) is 1.89. The second-order valence-corrected chi connectivity index (χ2v) is 1.51. The van der Waals surface area contributed by atoms with Crippen molar-refractivity contribution >= 4 is 6.21 Å². The van der Waals surface area contributed by atoms with Gasteiger partial charge in [-0.25, -0.2) is 0 Å². The normalized spacial score (nSPS) is 15.0. The SMILES string of the molecule is COC1=CC=NC=C=C1. The maximum atomic E-state index is 4.90. The molecule has 0 atom stereocenters. The van der Waals surface area contributed by atoms with Crippen molar-refractivity contribution in [2.75, 3.05) is 7.11 Å². The predicted octanol–water partition coefficient (Wildman–Crippen LogP) is 1.27. The van der Waals surface area contributed by atoms with Gasteiger partial charge in [0.1, 0.15) is 5.76 Å². The molecule has 1 aliphatic heterocycles. The first kappa shape index (κ1) is 5.86. The second kappa shape index (κ2) is 2.90. The average molecular weight is 121 g/mol. The van der Waals surface area contributed by atoms with Crippen molar-refractivity contribution in [3.63, 3.8) is 0 Å². The van der Waals surface area contributed by atoms with E-state index < -0.39 is 0 Å². The Bertz CT molecular complexity index is 207. The van der Waals surface area contributed by atoms with Crippen LogP contribution in [0.25, 0.3) is 0 Å². The molecule has 0 aromatic heterocycles. The summed E-state index contributed by atoms with van der Waals surface area (Å²) in [6.07, 6.45) is 6.75. The Labute approximate surface area is 53.9 Å². The first-order valence-electron chi connectivity index (χ1n) is 2.62. The quantitative estimate of drug-likeness (QED) is 0.479. The summed E-state index contributed by atoms with van der Waals surface area (Å²) in [5, 5.41) is 0. The smallest absolute Gasteiger partial charge is 0.128 e. The van der Waals surface area contributed by atoms with E-state index in [4.69, 9.17) is 4.74 Å². The summed E-state index contributed by atoms with van der Waals surface area (Å²) in [6, 6.07) is 0. The van der Waals surface area contributed by atoms with Crippen molar-refractivity contribution in [1.29, 1.82) is 0 Å². The molecule has 1 rings (SSSR count). The molecule has 1 heterocycles. The fraction of sp³-hybridized carbons (Fsp3) is 0.143. The number of hydrogen-bond donors (Lipinski definition) is 0. The van der Waals surface area contributed by atoms with Gasteiger partial charge in [0.2, 0.25) is 0 Å². The minimum atomic E-state index is 0.771. The van der Waals surface area contributed by atoms with Crippen LogP contribution in [0.3, 0.4) is 0 Å². The third-order valence-electron chi connectivity index (χ3n) is 0.935. The molecule has 46 valence electrons. The van der Waals surface area contributed by atoms with Crippen molar-refractivity contribution in [1.82, 2.24) is 0 Å². The van der Waals surface area contributed by atoms with E-state index in [1.165, 1.54) is 0 Å². The third-order valence-corrected chi connectivity index (χ3v) is 0.935. The lowest BCUT2D eigenvalue weighted by Gasteiger charge is -1.92. The summed E-state index contributed by atoms with van der Waals surface area (Å²) in [7, 11) is 1.61. The summed E-state index contributed by atoms with van der Waals surface area (Å²) in [5.74, 6) is 0.771. The molecule has 0 N–H and O–H groups in total. The maximum Gasteiger partial charge on any atom is 0.128 e. The highest BCUT2D eigenvalue weighted by Crippen LogP contribution is 1.96. The summed E-state index contributed by atoms with van der Waals surface area (Å²) in [5.41, 5.74) is 2.81. The van der Waals surface area contributed by atoms with Gasteiger partial charge in [0.05, 0.1) is 13.3 Å². The number of ether oxygens (including phenoxy) is 1. The lowest BCUT2D eigenvalue weighted by molar-refractivity contribution is 0.308. The molecule has 2 heteroatoms. The van der Waals surface area contributed by atoms with Crippen molar-refractivity contribution in [2.45, 2.75) is 0 Å². The monoisotopic (exact) mass is 121 g/mol. The minimum Gasteiger partial charge on any atom is -0.496 e. The van der Waals surface area contributed by atoms with Gasteiger partial charge >= 0.3 is 0 Å². The minimum absolute atomic E-state index is 0.771. The van der Waals surface area contributed by atoms with Crippen LogP contribution in [0.5, 0.6) is 0 Å². The van der Waals surface area contributed by atoms with E-state index in [1.54, 1.807) is 31.7 Å². The van der Waals surface area contributed by atoms with E-state index >= 15 is 0 Å². The van der Waals surface area contributed by atoms with Crippen molar-refractivity contribution in [3.05, 3.63) is 29.8 Å². The van der Waals surface area contributed by atoms with Crippen LogP contribution in [-0.4, -0.2) is 13.3 Å². The zero-order chi connectivity index (χ0) is 6.53. The lowest BCUT2D eigenvalue weighted by atomic mass is 10.4. The fourth-order valence-corrected chi connectivity index (χ4v) is 0.497. The van der Waals surface area contributed by atoms with Crippen molar-refractivity contribution in [3.8, 4) is 0 Å². The zero-order valence-electron chi connectivity index (χ0n) is 5.16. The van der Waals surface area contributed by atoms with Crippen LogP contribution < -0.4 is 0 Å². The summed E-state index contributed by atoms with van der Waals surface area (Å²) in [6.45, 7) is 0. The lowest BCUT2D eigenvalue weighted by Crippen LogP contribution is -1.79. The van der Waals surface area contributed by atoms with Crippen molar-refractivity contribution < 1.29 is 4.74 Å². The molecule has 2 nitrogen and oxygen atoms in total. The molecule has 0 unspecified atom stereocenters. The molecule has 1 aliphatic rings. The van der Waals surface area contributed by atoms with Crippen LogP contribution in [0, 0.1) is 0 Å². The Morgan fingerprint density at radius 3 is 3.33 bits per heavy atom. The van der Waals surface area contributed by atoms with E-state index in [2.05, 4.69) is 10.7 Å². The number of hydrogen-bond acceptors (Lipinski definition) is 2. The van der Waals surface area contributed by atoms with Gasteiger partial charge < -0.3 is 4.74 Å². The number of allylic oxidation sites excluding steroid dienone is 2. The molecule has 9 heavy (non-hydrogen) atoms. The number of methoxy groups -OCH3 is 1. The zero-order valence-corrected chi connectivity index (χ0v) is 5.16. The number of aliphatic imine (C=N–C) groups is 1. The highest BCUT2D eigenvalue weighted by molar-refractivity contribution is 5.73. The van der Waals surface area contributed by atoms with E-state index in [0.717, 1.165) is 5.76 Å². The first-order valence-corrected chi connectivity index (χ1v) is 2.62. The van der Waals surface area contributed by atoms with Gasteiger partial charge in [-0.15, -0.1) is 0 Å².